The molecule has 96 valence electrons. The molecule has 0 saturated heterocycles. The van der Waals surface area contributed by atoms with Crippen LogP contribution in [-0.4, -0.2) is 19.0 Å². The van der Waals surface area contributed by atoms with Gasteiger partial charge in [-0.25, -0.2) is 0 Å². The fourth-order valence-electron chi connectivity index (χ4n) is 2.94. The van der Waals surface area contributed by atoms with Crippen molar-refractivity contribution in [3.05, 3.63) is 28.3 Å². The van der Waals surface area contributed by atoms with Crippen LogP contribution in [0.15, 0.2) is 11.1 Å². The van der Waals surface area contributed by atoms with Crippen LogP contribution in [0.3, 0.4) is 0 Å². The van der Waals surface area contributed by atoms with Gasteiger partial charge in [0.2, 0.25) is 0 Å². The Balaban J connectivity index is 2.02. The summed E-state index contributed by atoms with van der Waals surface area (Å²) in [4.78, 5) is 4.45. The molecule has 1 aliphatic carbocycles. The minimum atomic E-state index is 0.884. The second kappa shape index (κ2) is 4.63. The number of aryl methyl sites for hydroxylation is 2. The number of hydrogen-bond donors (Lipinski definition) is 2. The largest absolute Gasteiger partial charge is 0.354 e. The van der Waals surface area contributed by atoms with Crippen LogP contribution in [-0.2, 0) is 12.8 Å². The van der Waals surface area contributed by atoms with Crippen molar-refractivity contribution in [3.8, 4) is 0 Å². The number of fused-ring (bicyclic) bond motifs is 1. The Morgan fingerprint density at radius 1 is 1.22 bits per heavy atom. The van der Waals surface area contributed by atoms with Crippen LogP contribution in [0, 0.1) is 13.8 Å². The first-order valence-corrected chi connectivity index (χ1v) is 6.93. The van der Waals surface area contributed by atoms with Crippen molar-refractivity contribution in [3.63, 3.8) is 0 Å². The zero-order chi connectivity index (χ0) is 12.5. The molecule has 3 heteroatoms. The van der Waals surface area contributed by atoms with E-state index in [9.17, 15) is 0 Å². The van der Waals surface area contributed by atoms with Crippen molar-refractivity contribution in [2.45, 2.75) is 39.5 Å². The Labute approximate surface area is 109 Å². The molecule has 3 nitrogen and oxygen atoms in total. The lowest BCUT2D eigenvalue weighted by molar-refractivity contribution is 0.685. The van der Waals surface area contributed by atoms with Gasteiger partial charge in [-0.2, -0.15) is 0 Å². The molecule has 0 amide bonds. The highest BCUT2D eigenvalue weighted by atomic mass is 15.2. The molecule has 0 aromatic heterocycles. The molecule has 0 unspecified atom stereocenters. The van der Waals surface area contributed by atoms with Crippen LogP contribution in [0.25, 0.3) is 0 Å². The van der Waals surface area contributed by atoms with Crippen molar-refractivity contribution in [1.29, 1.82) is 0 Å². The molecule has 2 aliphatic rings. The lowest BCUT2D eigenvalue weighted by Crippen LogP contribution is -2.27. The number of benzene rings is 1. The summed E-state index contributed by atoms with van der Waals surface area (Å²) in [6.07, 6.45) is 5.06. The van der Waals surface area contributed by atoms with E-state index in [1.807, 2.05) is 0 Å². The summed E-state index contributed by atoms with van der Waals surface area (Å²) < 4.78 is 0. The molecular weight excluding hydrogens is 222 g/mol. The molecule has 1 aromatic rings. The first-order chi connectivity index (χ1) is 8.75. The van der Waals surface area contributed by atoms with Gasteiger partial charge in [-0.3, -0.25) is 4.99 Å². The SMILES string of the molecule is Cc1cc2c(c(NC3=NCCN3)c1C)CCCC2. The number of nitrogens with one attached hydrogen (secondary N) is 2. The predicted octanol–water partition coefficient (Wildman–Crippen LogP) is 2.55. The van der Waals surface area contributed by atoms with E-state index in [2.05, 4.69) is 35.5 Å². The third-order valence-corrected chi connectivity index (χ3v) is 4.09. The zero-order valence-corrected chi connectivity index (χ0v) is 11.3. The third-order valence-electron chi connectivity index (χ3n) is 4.09. The van der Waals surface area contributed by atoms with Crippen molar-refractivity contribution in [2.75, 3.05) is 18.4 Å². The van der Waals surface area contributed by atoms with Crippen LogP contribution in [0.1, 0.15) is 35.1 Å². The normalized spacial score (nSPS) is 18.0. The van der Waals surface area contributed by atoms with Gasteiger partial charge in [0.15, 0.2) is 5.96 Å². The second-order valence-electron chi connectivity index (χ2n) is 5.32. The van der Waals surface area contributed by atoms with Crippen molar-refractivity contribution in [1.82, 2.24) is 5.32 Å². The molecule has 1 aromatic carbocycles. The van der Waals surface area contributed by atoms with Crippen LogP contribution in [0.4, 0.5) is 5.69 Å². The van der Waals surface area contributed by atoms with E-state index in [-0.39, 0.29) is 0 Å². The Hall–Kier alpha value is -1.51. The van der Waals surface area contributed by atoms with E-state index >= 15 is 0 Å². The number of nitrogens with zero attached hydrogens (tertiary/aromatic N) is 1. The average molecular weight is 243 g/mol. The van der Waals surface area contributed by atoms with Crippen LogP contribution in [0.2, 0.25) is 0 Å². The summed E-state index contributed by atoms with van der Waals surface area (Å²) in [6.45, 7) is 6.26. The zero-order valence-electron chi connectivity index (χ0n) is 11.3. The van der Waals surface area contributed by atoms with Gasteiger partial charge in [-0.1, -0.05) is 6.07 Å². The summed E-state index contributed by atoms with van der Waals surface area (Å²) >= 11 is 0. The summed E-state index contributed by atoms with van der Waals surface area (Å²) in [5, 5.41) is 6.81. The van der Waals surface area contributed by atoms with E-state index in [4.69, 9.17) is 0 Å². The average Bonchev–Trinajstić information content (AvgIpc) is 2.88. The number of rotatable bonds is 1. The quantitative estimate of drug-likeness (QED) is 0.795. The maximum Gasteiger partial charge on any atom is 0.195 e. The highest BCUT2D eigenvalue weighted by molar-refractivity contribution is 5.96. The van der Waals surface area contributed by atoms with Crippen molar-refractivity contribution >= 4 is 11.6 Å². The molecule has 0 radical (unpaired) electrons. The molecular formula is C15H21N3. The van der Waals surface area contributed by atoms with Gasteiger partial charge in [0.05, 0.1) is 6.54 Å². The smallest absolute Gasteiger partial charge is 0.195 e. The summed E-state index contributed by atoms with van der Waals surface area (Å²) in [6, 6.07) is 2.37. The molecule has 1 aliphatic heterocycles. The van der Waals surface area contributed by atoms with Gasteiger partial charge < -0.3 is 10.6 Å². The standard InChI is InChI=1S/C15H21N3/c1-10-9-12-5-3-4-6-13(12)14(11(10)2)18-15-16-7-8-17-15/h9H,3-8H2,1-2H3,(H2,16,17,18). The van der Waals surface area contributed by atoms with Gasteiger partial charge >= 0.3 is 0 Å². The summed E-state index contributed by atoms with van der Waals surface area (Å²) in [7, 11) is 0. The molecule has 0 bridgehead atoms. The molecule has 3 rings (SSSR count). The van der Waals surface area contributed by atoms with Gasteiger partial charge in [-0.15, -0.1) is 0 Å². The molecule has 18 heavy (non-hydrogen) atoms. The van der Waals surface area contributed by atoms with Gasteiger partial charge in [-0.05, 0) is 61.8 Å². The van der Waals surface area contributed by atoms with E-state index in [1.54, 1.807) is 0 Å². The molecule has 2 N–H and O–H groups in total. The number of guanidine groups is 1. The predicted molar refractivity (Wildman–Crippen MR) is 76.5 cm³/mol. The van der Waals surface area contributed by atoms with Crippen LogP contribution < -0.4 is 10.6 Å². The first-order valence-electron chi connectivity index (χ1n) is 6.93. The van der Waals surface area contributed by atoms with Gasteiger partial charge in [0, 0.05) is 12.2 Å². The minimum absolute atomic E-state index is 0.884. The highest BCUT2D eigenvalue weighted by Gasteiger charge is 2.18. The molecule has 1 heterocycles. The molecule has 0 fully saturated rings. The lowest BCUT2D eigenvalue weighted by atomic mass is 9.87. The van der Waals surface area contributed by atoms with Gasteiger partial charge in [0.25, 0.3) is 0 Å². The summed E-state index contributed by atoms with van der Waals surface area (Å²) in [5.74, 6) is 0.941. The topological polar surface area (TPSA) is 36.4 Å². The Morgan fingerprint density at radius 3 is 2.83 bits per heavy atom. The van der Waals surface area contributed by atoms with Crippen LogP contribution >= 0.6 is 0 Å². The minimum Gasteiger partial charge on any atom is -0.354 e. The Kier molecular flexibility index (Phi) is 2.98. The van der Waals surface area contributed by atoms with E-state index in [1.165, 1.54) is 53.6 Å². The fourth-order valence-corrected chi connectivity index (χ4v) is 2.94. The number of hydrogen-bond acceptors (Lipinski definition) is 3. The highest BCUT2D eigenvalue weighted by Crippen LogP contribution is 2.33. The van der Waals surface area contributed by atoms with Crippen molar-refractivity contribution in [2.24, 2.45) is 4.99 Å². The van der Waals surface area contributed by atoms with E-state index in [0.717, 1.165) is 19.0 Å². The fraction of sp³-hybridized carbons (Fsp3) is 0.533. The second-order valence-corrected chi connectivity index (χ2v) is 5.32. The van der Waals surface area contributed by atoms with Gasteiger partial charge in [0.1, 0.15) is 0 Å². The lowest BCUT2D eigenvalue weighted by Gasteiger charge is -2.23. The van der Waals surface area contributed by atoms with Crippen molar-refractivity contribution < 1.29 is 0 Å². The van der Waals surface area contributed by atoms with E-state index in [0.29, 0.717) is 0 Å². The molecule has 0 spiro atoms. The maximum absolute atomic E-state index is 4.45. The molecule has 0 saturated carbocycles. The monoisotopic (exact) mass is 243 g/mol. The first kappa shape index (κ1) is 11.6. The summed E-state index contributed by atoms with van der Waals surface area (Å²) in [5.41, 5.74) is 7.10. The third kappa shape index (κ3) is 1.98. The Morgan fingerprint density at radius 2 is 2.06 bits per heavy atom. The van der Waals surface area contributed by atoms with Crippen LogP contribution in [0.5, 0.6) is 0 Å². The number of aliphatic imine (C=N–C) groups is 1. The maximum atomic E-state index is 4.45. The molecule has 0 atom stereocenters. The Bertz CT molecular complexity index is 503. The van der Waals surface area contributed by atoms with E-state index < -0.39 is 0 Å². The number of anilines is 1.